The highest BCUT2D eigenvalue weighted by molar-refractivity contribution is 14.1. The number of nitrogens with zero attached hydrogens (tertiary/aromatic N) is 3. The second-order valence-corrected chi connectivity index (χ2v) is 4.82. The molecule has 2 N–H and O–H groups in total. The molecule has 0 amide bonds. The van der Waals surface area contributed by atoms with Crippen molar-refractivity contribution in [3.8, 4) is 11.5 Å². The fourth-order valence-corrected chi connectivity index (χ4v) is 2.24. The topological polar surface area (TPSA) is 87.3 Å². The maximum Gasteiger partial charge on any atom is 0.264 e. The van der Waals surface area contributed by atoms with Crippen molar-refractivity contribution >= 4 is 22.6 Å². The summed E-state index contributed by atoms with van der Waals surface area (Å²) >= 11 is 2.04. The van der Waals surface area contributed by atoms with Gasteiger partial charge in [-0.05, 0) is 35.4 Å². The van der Waals surface area contributed by atoms with Gasteiger partial charge in [0, 0.05) is 5.92 Å². The molecule has 1 fully saturated rings. The minimum Gasteiger partial charge on any atom is -0.304 e. The standard InChI is InChI=1S/C9H8IN5O/c10-6-7(4-1-2-4)12-8(13-9(6)16)5-3-11-15-14-5/h3-4H,1-2H2,(H,11,14,15)(H,12,13,16). The van der Waals surface area contributed by atoms with Crippen molar-refractivity contribution in [3.05, 3.63) is 25.8 Å². The minimum atomic E-state index is -0.101. The molecule has 3 rings (SSSR count). The molecular formula is C9H8IN5O. The van der Waals surface area contributed by atoms with Crippen molar-refractivity contribution < 1.29 is 0 Å². The van der Waals surface area contributed by atoms with E-state index in [2.05, 4.69) is 25.4 Å². The van der Waals surface area contributed by atoms with Gasteiger partial charge in [0.15, 0.2) is 5.82 Å². The van der Waals surface area contributed by atoms with Gasteiger partial charge in [0.25, 0.3) is 5.56 Å². The molecule has 1 aliphatic carbocycles. The molecule has 0 atom stereocenters. The quantitative estimate of drug-likeness (QED) is 0.806. The van der Waals surface area contributed by atoms with Gasteiger partial charge in [-0.15, -0.1) is 0 Å². The average Bonchev–Trinajstić information content (AvgIpc) is 2.96. The Bertz CT molecular complexity index is 572. The lowest BCUT2D eigenvalue weighted by atomic mass is 10.3. The molecular weight excluding hydrogens is 321 g/mol. The molecule has 82 valence electrons. The average molecular weight is 329 g/mol. The first kappa shape index (κ1) is 9.94. The highest BCUT2D eigenvalue weighted by Gasteiger charge is 2.29. The molecule has 0 bridgehead atoms. The number of aromatic nitrogens is 5. The Morgan fingerprint density at radius 1 is 1.44 bits per heavy atom. The summed E-state index contributed by atoms with van der Waals surface area (Å²) < 4.78 is 0.687. The highest BCUT2D eigenvalue weighted by atomic mass is 127. The summed E-state index contributed by atoms with van der Waals surface area (Å²) in [5.41, 5.74) is 1.35. The van der Waals surface area contributed by atoms with Crippen molar-refractivity contribution in [2.24, 2.45) is 0 Å². The SMILES string of the molecule is O=c1[nH]c(-c2cn[nH]n2)nc(C2CC2)c1I. The third kappa shape index (κ3) is 1.64. The van der Waals surface area contributed by atoms with Gasteiger partial charge in [0.1, 0.15) is 9.26 Å². The van der Waals surface area contributed by atoms with Crippen LogP contribution in [0.2, 0.25) is 0 Å². The maximum absolute atomic E-state index is 11.7. The van der Waals surface area contributed by atoms with Crippen molar-refractivity contribution in [2.45, 2.75) is 18.8 Å². The molecule has 0 spiro atoms. The van der Waals surface area contributed by atoms with E-state index in [1.165, 1.54) is 0 Å². The Kier molecular flexibility index (Phi) is 2.27. The molecule has 16 heavy (non-hydrogen) atoms. The molecule has 0 radical (unpaired) electrons. The summed E-state index contributed by atoms with van der Waals surface area (Å²) in [6.07, 6.45) is 3.78. The third-order valence-corrected chi connectivity index (χ3v) is 3.55. The molecule has 0 unspecified atom stereocenters. The van der Waals surface area contributed by atoms with Crippen LogP contribution in [0.15, 0.2) is 11.0 Å². The smallest absolute Gasteiger partial charge is 0.264 e. The summed E-state index contributed by atoms with van der Waals surface area (Å²) in [6, 6.07) is 0. The Hall–Kier alpha value is -1.25. The summed E-state index contributed by atoms with van der Waals surface area (Å²) in [4.78, 5) is 18.9. The van der Waals surface area contributed by atoms with E-state index in [0.717, 1.165) is 18.5 Å². The van der Waals surface area contributed by atoms with Crippen LogP contribution in [0.5, 0.6) is 0 Å². The van der Waals surface area contributed by atoms with Crippen molar-refractivity contribution in [1.29, 1.82) is 0 Å². The van der Waals surface area contributed by atoms with Crippen LogP contribution < -0.4 is 5.56 Å². The number of aromatic amines is 2. The molecule has 0 aromatic carbocycles. The number of halogens is 1. The molecule has 0 saturated heterocycles. The zero-order valence-electron chi connectivity index (χ0n) is 8.20. The Morgan fingerprint density at radius 2 is 2.25 bits per heavy atom. The first-order valence-electron chi connectivity index (χ1n) is 4.91. The van der Waals surface area contributed by atoms with Gasteiger partial charge in [0.2, 0.25) is 0 Å². The van der Waals surface area contributed by atoms with Crippen molar-refractivity contribution in [1.82, 2.24) is 25.4 Å². The molecule has 2 aromatic heterocycles. The second-order valence-electron chi connectivity index (χ2n) is 3.74. The molecule has 2 heterocycles. The fourth-order valence-electron chi connectivity index (χ4n) is 1.54. The highest BCUT2D eigenvalue weighted by Crippen LogP contribution is 2.40. The van der Waals surface area contributed by atoms with Gasteiger partial charge in [-0.2, -0.15) is 15.4 Å². The monoisotopic (exact) mass is 329 g/mol. The number of hydrogen-bond donors (Lipinski definition) is 2. The predicted molar refractivity (Wildman–Crippen MR) is 64.9 cm³/mol. The van der Waals surface area contributed by atoms with E-state index < -0.39 is 0 Å². The number of H-pyrrole nitrogens is 2. The predicted octanol–water partition coefficient (Wildman–Crippen LogP) is 1.04. The van der Waals surface area contributed by atoms with Gasteiger partial charge >= 0.3 is 0 Å². The molecule has 6 nitrogen and oxygen atoms in total. The fraction of sp³-hybridized carbons (Fsp3) is 0.333. The maximum atomic E-state index is 11.7. The van der Waals surface area contributed by atoms with Gasteiger partial charge in [0.05, 0.1) is 11.9 Å². The summed E-state index contributed by atoms with van der Waals surface area (Å²) in [5.74, 6) is 0.931. The van der Waals surface area contributed by atoms with Crippen LogP contribution in [0.25, 0.3) is 11.5 Å². The largest absolute Gasteiger partial charge is 0.304 e. The van der Waals surface area contributed by atoms with E-state index in [0.29, 0.717) is 21.0 Å². The van der Waals surface area contributed by atoms with E-state index >= 15 is 0 Å². The lowest BCUT2D eigenvalue weighted by Gasteiger charge is -2.02. The van der Waals surface area contributed by atoms with Crippen LogP contribution in [0.3, 0.4) is 0 Å². The first-order valence-corrected chi connectivity index (χ1v) is 5.99. The van der Waals surface area contributed by atoms with E-state index in [9.17, 15) is 4.79 Å². The minimum absolute atomic E-state index is 0.101. The van der Waals surface area contributed by atoms with Gasteiger partial charge in [-0.25, -0.2) is 4.98 Å². The zero-order chi connectivity index (χ0) is 11.1. The van der Waals surface area contributed by atoms with Crippen LogP contribution >= 0.6 is 22.6 Å². The van der Waals surface area contributed by atoms with Crippen LogP contribution in [0.1, 0.15) is 24.5 Å². The van der Waals surface area contributed by atoms with Crippen LogP contribution in [0, 0.1) is 3.57 Å². The van der Waals surface area contributed by atoms with Gasteiger partial charge in [-0.3, -0.25) is 4.79 Å². The molecule has 1 saturated carbocycles. The van der Waals surface area contributed by atoms with Crippen molar-refractivity contribution in [2.75, 3.05) is 0 Å². The lowest BCUT2D eigenvalue weighted by molar-refractivity contribution is 0.924. The molecule has 0 aliphatic heterocycles. The zero-order valence-corrected chi connectivity index (χ0v) is 10.4. The van der Waals surface area contributed by atoms with Gasteiger partial charge < -0.3 is 4.98 Å². The second kappa shape index (κ2) is 3.65. The molecule has 7 heteroatoms. The Balaban J connectivity index is 2.17. The van der Waals surface area contributed by atoms with E-state index in [4.69, 9.17) is 0 Å². The summed E-state index contributed by atoms with van der Waals surface area (Å²) in [6.45, 7) is 0. The lowest BCUT2D eigenvalue weighted by Crippen LogP contribution is -2.16. The number of nitrogens with one attached hydrogen (secondary N) is 2. The van der Waals surface area contributed by atoms with Crippen LogP contribution in [-0.4, -0.2) is 25.4 Å². The normalized spacial score (nSPS) is 15.3. The number of hydrogen-bond acceptors (Lipinski definition) is 4. The summed E-state index contributed by atoms with van der Waals surface area (Å²) in [7, 11) is 0. The van der Waals surface area contributed by atoms with E-state index in [1.807, 2.05) is 22.6 Å². The first-order chi connectivity index (χ1) is 7.75. The Labute approximate surface area is 104 Å². The summed E-state index contributed by atoms with van der Waals surface area (Å²) in [5, 5.41) is 10.1. The van der Waals surface area contributed by atoms with Crippen LogP contribution in [-0.2, 0) is 0 Å². The number of rotatable bonds is 2. The molecule has 2 aromatic rings. The van der Waals surface area contributed by atoms with Gasteiger partial charge in [-0.1, -0.05) is 0 Å². The van der Waals surface area contributed by atoms with E-state index in [1.54, 1.807) is 6.20 Å². The molecule has 1 aliphatic rings. The van der Waals surface area contributed by atoms with Crippen molar-refractivity contribution in [3.63, 3.8) is 0 Å². The Morgan fingerprint density at radius 3 is 2.88 bits per heavy atom. The van der Waals surface area contributed by atoms with E-state index in [-0.39, 0.29) is 5.56 Å². The van der Waals surface area contributed by atoms with Crippen LogP contribution in [0.4, 0.5) is 0 Å². The third-order valence-electron chi connectivity index (χ3n) is 2.51.